The van der Waals surface area contributed by atoms with Gasteiger partial charge in [-0.05, 0) is 88.7 Å². The van der Waals surface area contributed by atoms with Gasteiger partial charge in [-0.2, -0.15) is 0 Å². The summed E-state index contributed by atoms with van der Waals surface area (Å²) in [6.07, 6.45) is 0. The Morgan fingerprint density at radius 3 is 1.29 bits per heavy atom. The summed E-state index contributed by atoms with van der Waals surface area (Å²) in [6.45, 7) is 1.22. The minimum absolute atomic E-state index is 0.610. The van der Waals surface area contributed by atoms with Gasteiger partial charge in [-0.1, -0.05) is 69.4 Å². The first-order chi connectivity index (χ1) is 11.6. The minimum atomic E-state index is 0.610. The van der Waals surface area contributed by atoms with Crippen LogP contribution in [0.4, 0.5) is 0 Å². The Kier molecular flexibility index (Phi) is 9.70. The Bertz CT molecular complexity index is 643. The fourth-order valence-corrected chi connectivity index (χ4v) is 2.53. The molecule has 0 unspecified atom stereocenters. The van der Waals surface area contributed by atoms with Crippen molar-refractivity contribution in [3.05, 3.63) is 63.9 Å². The van der Waals surface area contributed by atoms with Gasteiger partial charge in [-0.15, -0.1) is 0 Å². The molecule has 0 heterocycles. The van der Waals surface area contributed by atoms with Gasteiger partial charge in [0.05, 0.1) is 0 Å². The van der Waals surface area contributed by atoms with Gasteiger partial charge in [0.15, 0.2) is 0 Å². The average molecular weight is 770 g/mol. The Labute approximate surface area is 197 Å². The van der Waals surface area contributed by atoms with Crippen molar-refractivity contribution < 1.29 is 9.47 Å². The van der Waals surface area contributed by atoms with Crippen LogP contribution in [0, 0.1) is 0 Å². The highest BCUT2D eigenvalue weighted by molar-refractivity contribution is 14.1. The molecule has 2 rings (SSSR count). The van der Waals surface area contributed by atoms with Crippen LogP contribution in [0.1, 0.15) is 0 Å². The van der Waals surface area contributed by atoms with E-state index in [0.29, 0.717) is 13.2 Å². The zero-order chi connectivity index (χ0) is 17.4. The van der Waals surface area contributed by atoms with Crippen LogP contribution in [0.3, 0.4) is 0 Å². The van der Waals surface area contributed by atoms with Crippen molar-refractivity contribution >= 4 is 90.4 Å². The molecule has 2 aromatic rings. The molecule has 0 atom stereocenters. The molecule has 2 nitrogen and oxygen atoms in total. The summed E-state index contributed by atoms with van der Waals surface area (Å²) in [7, 11) is 0. The smallest absolute Gasteiger partial charge is 0.119 e. The monoisotopic (exact) mass is 770 g/mol. The summed E-state index contributed by atoms with van der Waals surface area (Å²) in [5.74, 6) is 1.76. The molecule has 0 N–H and O–H groups in total. The molecule has 24 heavy (non-hydrogen) atoms. The Morgan fingerprint density at radius 1 is 0.667 bits per heavy atom. The largest absolute Gasteiger partial charge is 0.488 e. The lowest BCUT2D eigenvalue weighted by Gasteiger charge is -2.08. The van der Waals surface area contributed by atoms with Gasteiger partial charge in [0, 0.05) is 7.16 Å². The van der Waals surface area contributed by atoms with Gasteiger partial charge in [-0.3, -0.25) is 0 Å². The minimum Gasteiger partial charge on any atom is -0.488 e. The molecular weight excluding hydrogens is 756 g/mol. The van der Waals surface area contributed by atoms with Crippen LogP contribution in [0.2, 0.25) is 0 Å². The highest BCUT2D eigenvalue weighted by atomic mass is 127. The summed E-state index contributed by atoms with van der Waals surface area (Å²) in [5.41, 5.74) is 2.32. The molecule has 0 radical (unpaired) electrons. The third-order valence-electron chi connectivity index (χ3n) is 3.03. The highest BCUT2D eigenvalue weighted by Gasteiger charge is 2.01. The van der Waals surface area contributed by atoms with Crippen LogP contribution in [0.25, 0.3) is 11.1 Å². The zero-order valence-corrected chi connectivity index (χ0v) is 21.1. The lowest BCUT2D eigenvalue weighted by molar-refractivity contribution is 0.361. The fraction of sp³-hybridized carbons (Fsp3) is 0.111. The molecule has 0 bridgehead atoms. The Balaban J connectivity index is 1.98. The van der Waals surface area contributed by atoms with Crippen molar-refractivity contribution in [2.45, 2.75) is 0 Å². The van der Waals surface area contributed by atoms with Gasteiger partial charge in [-0.25, -0.2) is 0 Å². The van der Waals surface area contributed by atoms with Crippen molar-refractivity contribution in [1.29, 1.82) is 0 Å². The average Bonchev–Trinajstić information content (AvgIpc) is 2.65. The van der Waals surface area contributed by atoms with Gasteiger partial charge in [0.25, 0.3) is 0 Å². The van der Waals surface area contributed by atoms with E-state index >= 15 is 0 Å². The zero-order valence-electron chi connectivity index (χ0n) is 12.5. The first-order valence-electron chi connectivity index (χ1n) is 6.98. The summed E-state index contributed by atoms with van der Waals surface area (Å²) in [5, 5.41) is 0. The molecule has 126 valence electrons. The molecule has 0 aliphatic rings. The van der Waals surface area contributed by atoms with Crippen LogP contribution >= 0.6 is 90.4 Å². The lowest BCUT2D eigenvalue weighted by atomic mass is 10.1. The van der Waals surface area contributed by atoms with Crippen molar-refractivity contribution in [2.75, 3.05) is 13.2 Å². The molecule has 0 spiro atoms. The molecule has 0 aliphatic heterocycles. The maximum atomic E-state index is 5.73. The molecule has 2 aromatic carbocycles. The standard InChI is InChI=1S/C18H14I4O2/c19-9-15(21)11-23-17-5-1-13(2-6-17)14-3-7-18(8-4-14)24-12-16(22)10-20/h1-10H,11-12H2. The Hall–Kier alpha value is 0.440. The van der Waals surface area contributed by atoms with Gasteiger partial charge in [0.2, 0.25) is 0 Å². The van der Waals surface area contributed by atoms with E-state index in [1.165, 1.54) is 7.16 Å². The summed E-state index contributed by atoms with van der Waals surface area (Å²) in [4.78, 5) is 0. The summed E-state index contributed by atoms with van der Waals surface area (Å²) in [6, 6.07) is 16.3. The van der Waals surface area contributed by atoms with E-state index in [-0.39, 0.29) is 0 Å². The summed E-state index contributed by atoms with van der Waals surface area (Å²) >= 11 is 8.99. The van der Waals surface area contributed by atoms with E-state index in [4.69, 9.17) is 9.47 Å². The number of ether oxygens (including phenoxy) is 2. The van der Waals surface area contributed by atoms with E-state index in [1.54, 1.807) is 0 Å². The molecule has 0 amide bonds. The van der Waals surface area contributed by atoms with Crippen LogP contribution < -0.4 is 9.47 Å². The second-order valence-corrected chi connectivity index (χ2v) is 8.75. The lowest BCUT2D eigenvalue weighted by Crippen LogP contribution is -1.96. The van der Waals surface area contributed by atoms with E-state index in [0.717, 1.165) is 22.6 Å². The number of hydrogen-bond acceptors (Lipinski definition) is 2. The molecule has 6 heteroatoms. The van der Waals surface area contributed by atoms with Gasteiger partial charge < -0.3 is 9.47 Å². The Morgan fingerprint density at radius 2 is 1.00 bits per heavy atom. The van der Waals surface area contributed by atoms with Crippen molar-refractivity contribution in [3.63, 3.8) is 0 Å². The van der Waals surface area contributed by atoms with Crippen LogP contribution in [-0.4, -0.2) is 13.2 Å². The third kappa shape index (κ3) is 6.98. The quantitative estimate of drug-likeness (QED) is 0.272. The van der Waals surface area contributed by atoms with Crippen molar-refractivity contribution in [2.24, 2.45) is 0 Å². The number of benzene rings is 2. The molecular formula is C18H14I4O2. The number of rotatable bonds is 7. The maximum Gasteiger partial charge on any atom is 0.119 e. The first kappa shape index (κ1) is 20.7. The van der Waals surface area contributed by atoms with E-state index in [9.17, 15) is 0 Å². The van der Waals surface area contributed by atoms with E-state index in [1.807, 2.05) is 32.4 Å². The van der Waals surface area contributed by atoms with Crippen molar-refractivity contribution in [3.8, 4) is 22.6 Å². The van der Waals surface area contributed by atoms with Gasteiger partial charge in [0.1, 0.15) is 24.7 Å². The molecule has 0 aromatic heterocycles. The van der Waals surface area contributed by atoms with Crippen molar-refractivity contribution in [1.82, 2.24) is 0 Å². The highest BCUT2D eigenvalue weighted by Crippen LogP contribution is 2.25. The second-order valence-electron chi connectivity index (χ2n) is 4.74. The molecule has 0 aliphatic carbocycles. The van der Waals surface area contributed by atoms with Gasteiger partial charge >= 0.3 is 0 Å². The van der Waals surface area contributed by atoms with Crippen LogP contribution in [0.15, 0.2) is 63.9 Å². The summed E-state index contributed by atoms with van der Waals surface area (Å²) < 4.78 is 17.9. The molecule has 0 saturated heterocycles. The number of halogens is 4. The second kappa shape index (κ2) is 11.2. The predicted octanol–water partition coefficient (Wildman–Crippen LogP) is 7.53. The molecule has 0 fully saturated rings. The normalized spacial score (nSPS) is 12.2. The number of hydrogen-bond donors (Lipinski definition) is 0. The first-order valence-corrected chi connectivity index (χ1v) is 11.6. The fourth-order valence-electron chi connectivity index (χ4n) is 1.85. The van der Waals surface area contributed by atoms with Crippen LogP contribution in [-0.2, 0) is 0 Å². The van der Waals surface area contributed by atoms with E-state index < -0.39 is 0 Å². The maximum absolute atomic E-state index is 5.73. The topological polar surface area (TPSA) is 18.5 Å². The third-order valence-corrected chi connectivity index (χ3v) is 8.16. The van der Waals surface area contributed by atoms with Crippen LogP contribution in [0.5, 0.6) is 11.5 Å². The van der Waals surface area contributed by atoms with E-state index in [2.05, 4.69) is 115 Å². The molecule has 0 saturated carbocycles. The predicted molar refractivity (Wildman–Crippen MR) is 135 cm³/mol. The SMILES string of the molecule is IC=C(I)COc1ccc(-c2ccc(OCC(I)=CI)cc2)cc1.